The number of piperidine rings is 1. The molecule has 0 bridgehead atoms. The lowest BCUT2D eigenvalue weighted by atomic mass is 9.98. The molecule has 0 radical (unpaired) electrons. The second-order valence-corrected chi connectivity index (χ2v) is 6.20. The lowest BCUT2D eigenvalue weighted by Crippen LogP contribution is -2.33. The standard InChI is InChI=1S/C18H23N5O/c1-13(24)21-15-7-5-14(6-8-15)12-23-11-3-2-4-17(23)16-9-10-20-18(19)22-16/h5-10,17H,2-4,11-12H2,1H3,(H,21,24)(H2,19,20,22). The molecule has 6 heteroatoms. The maximum atomic E-state index is 11.1. The lowest BCUT2D eigenvalue weighted by Gasteiger charge is -2.35. The summed E-state index contributed by atoms with van der Waals surface area (Å²) in [4.78, 5) is 21.9. The molecule has 1 saturated heterocycles. The van der Waals surface area contributed by atoms with E-state index in [9.17, 15) is 4.79 Å². The van der Waals surface area contributed by atoms with E-state index in [2.05, 4.69) is 32.3 Å². The van der Waals surface area contributed by atoms with E-state index in [-0.39, 0.29) is 11.9 Å². The zero-order valence-corrected chi connectivity index (χ0v) is 13.9. The van der Waals surface area contributed by atoms with E-state index in [0.717, 1.165) is 30.9 Å². The van der Waals surface area contributed by atoms with Crippen LogP contribution in [0.15, 0.2) is 36.5 Å². The molecule has 3 rings (SSSR count). The summed E-state index contributed by atoms with van der Waals surface area (Å²) < 4.78 is 0. The van der Waals surface area contributed by atoms with Gasteiger partial charge in [0, 0.05) is 25.4 Å². The number of nitrogens with one attached hydrogen (secondary N) is 1. The van der Waals surface area contributed by atoms with Crippen LogP contribution in [0.1, 0.15) is 43.5 Å². The third-order valence-corrected chi connectivity index (χ3v) is 4.31. The highest BCUT2D eigenvalue weighted by Gasteiger charge is 2.25. The summed E-state index contributed by atoms with van der Waals surface area (Å²) in [5, 5.41) is 2.79. The number of aromatic nitrogens is 2. The third kappa shape index (κ3) is 4.08. The summed E-state index contributed by atoms with van der Waals surface area (Å²) in [6.45, 7) is 3.41. The van der Waals surface area contributed by atoms with Crippen molar-refractivity contribution in [1.29, 1.82) is 0 Å². The van der Waals surface area contributed by atoms with Gasteiger partial charge < -0.3 is 11.1 Å². The predicted molar refractivity (Wildman–Crippen MR) is 94.2 cm³/mol. The van der Waals surface area contributed by atoms with Crippen molar-refractivity contribution in [2.24, 2.45) is 0 Å². The molecule has 3 N–H and O–H groups in total. The van der Waals surface area contributed by atoms with Gasteiger partial charge in [0.25, 0.3) is 0 Å². The van der Waals surface area contributed by atoms with Crippen LogP contribution in [0, 0.1) is 0 Å². The van der Waals surface area contributed by atoms with Crippen molar-refractivity contribution in [1.82, 2.24) is 14.9 Å². The first-order valence-corrected chi connectivity index (χ1v) is 8.31. The van der Waals surface area contributed by atoms with Gasteiger partial charge in [-0.2, -0.15) is 0 Å². The highest BCUT2D eigenvalue weighted by atomic mass is 16.1. The fourth-order valence-electron chi connectivity index (χ4n) is 3.22. The highest BCUT2D eigenvalue weighted by molar-refractivity contribution is 5.88. The Hall–Kier alpha value is -2.47. The monoisotopic (exact) mass is 325 g/mol. The van der Waals surface area contributed by atoms with E-state index < -0.39 is 0 Å². The summed E-state index contributed by atoms with van der Waals surface area (Å²) in [7, 11) is 0. The van der Waals surface area contributed by atoms with Gasteiger partial charge in [-0.1, -0.05) is 18.6 Å². The summed E-state index contributed by atoms with van der Waals surface area (Å²) in [6, 6.07) is 10.2. The number of amides is 1. The van der Waals surface area contributed by atoms with Crippen molar-refractivity contribution in [3.8, 4) is 0 Å². The Morgan fingerprint density at radius 2 is 2.08 bits per heavy atom. The van der Waals surface area contributed by atoms with Crippen LogP contribution in [0.5, 0.6) is 0 Å². The van der Waals surface area contributed by atoms with Gasteiger partial charge >= 0.3 is 0 Å². The number of hydrogen-bond donors (Lipinski definition) is 2. The largest absolute Gasteiger partial charge is 0.368 e. The zero-order valence-electron chi connectivity index (χ0n) is 13.9. The second kappa shape index (κ2) is 7.40. The van der Waals surface area contributed by atoms with Gasteiger partial charge in [0.1, 0.15) is 0 Å². The van der Waals surface area contributed by atoms with Crippen LogP contribution in [0.3, 0.4) is 0 Å². The minimum atomic E-state index is -0.0554. The van der Waals surface area contributed by atoms with E-state index in [1.807, 2.05) is 18.2 Å². The summed E-state index contributed by atoms with van der Waals surface area (Å²) >= 11 is 0. The maximum Gasteiger partial charge on any atom is 0.221 e. The number of benzene rings is 1. The number of rotatable bonds is 4. The predicted octanol–water partition coefficient (Wildman–Crippen LogP) is 2.74. The van der Waals surface area contributed by atoms with Gasteiger partial charge in [-0.25, -0.2) is 9.97 Å². The average Bonchev–Trinajstić information content (AvgIpc) is 2.57. The molecule has 2 aromatic rings. The Kier molecular flexibility index (Phi) is 5.05. The molecule has 24 heavy (non-hydrogen) atoms. The van der Waals surface area contributed by atoms with Crippen molar-refractivity contribution < 1.29 is 4.79 Å². The van der Waals surface area contributed by atoms with Gasteiger partial charge in [0.05, 0.1) is 11.7 Å². The summed E-state index contributed by atoms with van der Waals surface area (Å²) in [5.41, 5.74) is 8.79. The molecule has 1 unspecified atom stereocenters. The lowest BCUT2D eigenvalue weighted by molar-refractivity contribution is -0.114. The quantitative estimate of drug-likeness (QED) is 0.903. The van der Waals surface area contributed by atoms with Gasteiger partial charge in [-0.3, -0.25) is 9.69 Å². The molecule has 1 amide bonds. The fourth-order valence-corrected chi connectivity index (χ4v) is 3.22. The fraction of sp³-hybridized carbons (Fsp3) is 0.389. The summed E-state index contributed by atoms with van der Waals surface area (Å²) in [5.74, 6) is 0.276. The third-order valence-electron chi connectivity index (χ3n) is 4.31. The molecule has 6 nitrogen and oxygen atoms in total. The van der Waals surface area contributed by atoms with Crippen molar-refractivity contribution in [2.75, 3.05) is 17.6 Å². The zero-order chi connectivity index (χ0) is 16.9. The summed E-state index contributed by atoms with van der Waals surface area (Å²) in [6.07, 6.45) is 5.21. The van der Waals surface area contributed by atoms with E-state index in [1.54, 1.807) is 6.20 Å². The SMILES string of the molecule is CC(=O)Nc1ccc(CN2CCCCC2c2ccnc(N)n2)cc1. The molecule has 126 valence electrons. The van der Waals surface area contributed by atoms with Crippen LogP contribution < -0.4 is 11.1 Å². The first kappa shape index (κ1) is 16.4. The van der Waals surface area contributed by atoms with Crippen molar-refractivity contribution in [3.63, 3.8) is 0 Å². The number of nitrogens with zero attached hydrogens (tertiary/aromatic N) is 3. The molecule has 1 aliphatic rings. The molecule has 1 atom stereocenters. The second-order valence-electron chi connectivity index (χ2n) is 6.20. The van der Waals surface area contributed by atoms with Gasteiger partial charge in [-0.15, -0.1) is 0 Å². The number of anilines is 2. The first-order valence-electron chi connectivity index (χ1n) is 8.31. The molecule has 1 fully saturated rings. The van der Waals surface area contributed by atoms with E-state index in [4.69, 9.17) is 5.73 Å². The van der Waals surface area contributed by atoms with Crippen LogP contribution in [-0.2, 0) is 11.3 Å². The molecule has 0 saturated carbocycles. The normalized spacial score (nSPS) is 18.3. The Bertz CT molecular complexity index is 701. The highest BCUT2D eigenvalue weighted by Crippen LogP contribution is 2.31. The maximum absolute atomic E-state index is 11.1. The number of nitrogen functional groups attached to an aromatic ring is 1. The van der Waals surface area contributed by atoms with Crippen molar-refractivity contribution in [2.45, 2.75) is 38.8 Å². The molecule has 1 aromatic carbocycles. The number of carbonyl (C=O) groups excluding carboxylic acids is 1. The Balaban J connectivity index is 1.73. The number of hydrogen-bond acceptors (Lipinski definition) is 5. The van der Waals surface area contributed by atoms with Crippen molar-refractivity contribution >= 4 is 17.5 Å². The molecular weight excluding hydrogens is 302 g/mol. The van der Waals surface area contributed by atoms with Crippen LogP contribution in [-0.4, -0.2) is 27.3 Å². The number of nitrogens with two attached hydrogens (primary N) is 1. The minimum absolute atomic E-state index is 0.0554. The van der Waals surface area contributed by atoms with Crippen LogP contribution in [0.25, 0.3) is 0 Å². The first-order chi connectivity index (χ1) is 11.6. The smallest absolute Gasteiger partial charge is 0.221 e. The van der Waals surface area contributed by atoms with Gasteiger partial charge in [0.2, 0.25) is 11.9 Å². The van der Waals surface area contributed by atoms with E-state index in [0.29, 0.717) is 5.95 Å². The molecule has 2 heterocycles. The topological polar surface area (TPSA) is 84.1 Å². The minimum Gasteiger partial charge on any atom is -0.368 e. The van der Waals surface area contributed by atoms with Crippen LogP contribution in [0.4, 0.5) is 11.6 Å². The Morgan fingerprint density at radius 3 is 2.79 bits per heavy atom. The number of carbonyl (C=O) groups is 1. The average molecular weight is 325 g/mol. The molecule has 1 aromatic heterocycles. The molecule has 0 spiro atoms. The van der Waals surface area contributed by atoms with Gasteiger partial charge in [0.15, 0.2) is 0 Å². The molecule has 1 aliphatic heterocycles. The van der Waals surface area contributed by atoms with Crippen LogP contribution in [0.2, 0.25) is 0 Å². The van der Waals surface area contributed by atoms with E-state index >= 15 is 0 Å². The van der Waals surface area contributed by atoms with Gasteiger partial charge in [-0.05, 0) is 43.1 Å². The molecule has 0 aliphatic carbocycles. The Morgan fingerprint density at radius 1 is 1.29 bits per heavy atom. The molecular formula is C18H23N5O. The Labute approximate surface area is 142 Å². The van der Waals surface area contributed by atoms with E-state index in [1.165, 1.54) is 25.3 Å². The van der Waals surface area contributed by atoms with Crippen LogP contribution >= 0.6 is 0 Å². The van der Waals surface area contributed by atoms with Crippen molar-refractivity contribution in [3.05, 3.63) is 47.8 Å². The number of likely N-dealkylation sites (tertiary alicyclic amines) is 1.